The summed E-state index contributed by atoms with van der Waals surface area (Å²) in [4.78, 5) is 17.4. The topological polar surface area (TPSA) is 78.3 Å². The summed E-state index contributed by atoms with van der Waals surface area (Å²) >= 11 is 0. The standard InChI is InChI=1S/C27H28N4O3/c1-3-25-29-26(31(30-25)23-12-14-24(33-2)15-13-23)21-10-7-11-22(18-21)27(32)28-16-17-34-19-20-8-5-4-6-9-20/h4-15,18H,3,16-17,19H2,1-2H3,(H,28,32). The zero-order valence-electron chi connectivity index (χ0n) is 19.4. The Kier molecular flexibility index (Phi) is 7.67. The molecule has 1 aromatic heterocycles. The zero-order chi connectivity index (χ0) is 23.8. The molecule has 0 saturated heterocycles. The van der Waals surface area contributed by atoms with Crippen molar-refractivity contribution in [3.63, 3.8) is 0 Å². The van der Waals surface area contributed by atoms with Gasteiger partial charge in [0.1, 0.15) is 5.75 Å². The van der Waals surface area contributed by atoms with Crippen molar-refractivity contribution in [2.75, 3.05) is 20.3 Å². The first kappa shape index (κ1) is 23.2. The van der Waals surface area contributed by atoms with Gasteiger partial charge in [-0.25, -0.2) is 9.67 Å². The van der Waals surface area contributed by atoms with E-state index in [2.05, 4.69) is 10.4 Å². The van der Waals surface area contributed by atoms with Gasteiger partial charge in [0, 0.05) is 24.1 Å². The van der Waals surface area contributed by atoms with Gasteiger partial charge in [-0.3, -0.25) is 4.79 Å². The molecule has 0 atom stereocenters. The molecule has 3 aromatic carbocycles. The molecule has 0 aliphatic heterocycles. The first-order valence-corrected chi connectivity index (χ1v) is 11.3. The van der Waals surface area contributed by atoms with Crippen LogP contribution in [0.2, 0.25) is 0 Å². The predicted molar refractivity (Wildman–Crippen MR) is 131 cm³/mol. The van der Waals surface area contributed by atoms with Crippen molar-refractivity contribution in [1.82, 2.24) is 20.1 Å². The van der Waals surface area contributed by atoms with Gasteiger partial charge in [0.25, 0.3) is 5.91 Å². The molecule has 0 aliphatic rings. The lowest BCUT2D eigenvalue weighted by Gasteiger charge is -2.09. The van der Waals surface area contributed by atoms with E-state index < -0.39 is 0 Å². The van der Waals surface area contributed by atoms with Crippen molar-refractivity contribution in [2.45, 2.75) is 20.0 Å². The summed E-state index contributed by atoms with van der Waals surface area (Å²) in [5, 5.41) is 7.57. The Morgan fingerprint density at radius 3 is 2.53 bits per heavy atom. The number of carbonyl (C=O) groups is 1. The Morgan fingerprint density at radius 1 is 1.00 bits per heavy atom. The average molecular weight is 457 g/mol. The highest BCUT2D eigenvalue weighted by Crippen LogP contribution is 2.24. The zero-order valence-corrected chi connectivity index (χ0v) is 19.4. The van der Waals surface area contributed by atoms with Crippen LogP contribution in [0.5, 0.6) is 5.75 Å². The van der Waals surface area contributed by atoms with Gasteiger partial charge in [-0.2, -0.15) is 5.10 Å². The fourth-order valence-electron chi connectivity index (χ4n) is 3.50. The first-order chi connectivity index (χ1) is 16.7. The van der Waals surface area contributed by atoms with Gasteiger partial charge >= 0.3 is 0 Å². The molecule has 7 heteroatoms. The SMILES string of the molecule is CCc1nc(-c2cccc(C(=O)NCCOCc3ccccc3)c2)n(-c2ccc(OC)cc2)n1. The maximum Gasteiger partial charge on any atom is 0.251 e. The molecule has 7 nitrogen and oxygen atoms in total. The number of carbonyl (C=O) groups excluding carboxylic acids is 1. The van der Waals surface area contributed by atoms with Gasteiger partial charge in [-0.15, -0.1) is 0 Å². The second-order valence-electron chi connectivity index (χ2n) is 7.69. The van der Waals surface area contributed by atoms with Gasteiger partial charge < -0.3 is 14.8 Å². The average Bonchev–Trinajstić information content (AvgIpc) is 3.34. The highest BCUT2D eigenvalue weighted by Gasteiger charge is 2.15. The third-order valence-electron chi connectivity index (χ3n) is 5.31. The Balaban J connectivity index is 1.44. The molecule has 174 valence electrons. The van der Waals surface area contributed by atoms with Crippen LogP contribution in [-0.4, -0.2) is 40.9 Å². The van der Waals surface area contributed by atoms with Crippen LogP contribution < -0.4 is 10.1 Å². The smallest absolute Gasteiger partial charge is 0.251 e. The lowest BCUT2D eigenvalue weighted by molar-refractivity contribution is 0.0901. The van der Waals surface area contributed by atoms with E-state index in [4.69, 9.17) is 14.5 Å². The summed E-state index contributed by atoms with van der Waals surface area (Å²) in [6.45, 7) is 3.40. The third kappa shape index (κ3) is 5.68. The highest BCUT2D eigenvalue weighted by atomic mass is 16.5. The maximum absolute atomic E-state index is 12.7. The molecule has 4 rings (SSSR count). The summed E-state index contributed by atoms with van der Waals surface area (Å²) in [5.41, 5.74) is 3.35. The van der Waals surface area contributed by atoms with Gasteiger partial charge in [0.2, 0.25) is 0 Å². The van der Waals surface area contributed by atoms with E-state index in [1.54, 1.807) is 17.9 Å². The predicted octanol–water partition coefficient (Wildman–Crippen LogP) is 4.45. The molecule has 1 amide bonds. The van der Waals surface area contributed by atoms with Crippen molar-refractivity contribution in [3.05, 3.63) is 95.8 Å². The molecule has 0 bridgehead atoms. The molecule has 1 N–H and O–H groups in total. The van der Waals surface area contributed by atoms with Crippen molar-refractivity contribution in [2.24, 2.45) is 0 Å². The molecule has 0 fully saturated rings. The van der Waals surface area contributed by atoms with Crippen LogP contribution in [0, 0.1) is 0 Å². The number of aromatic nitrogens is 3. The minimum atomic E-state index is -0.156. The summed E-state index contributed by atoms with van der Waals surface area (Å²) in [6.07, 6.45) is 0.708. The molecule has 0 radical (unpaired) electrons. The quantitative estimate of drug-likeness (QED) is 0.357. The molecule has 0 aliphatic carbocycles. The fraction of sp³-hybridized carbons (Fsp3) is 0.222. The van der Waals surface area contributed by atoms with Crippen LogP contribution in [0.4, 0.5) is 0 Å². The van der Waals surface area contributed by atoms with Crippen molar-refractivity contribution >= 4 is 5.91 Å². The molecular formula is C27H28N4O3. The minimum Gasteiger partial charge on any atom is -0.497 e. The molecule has 1 heterocycles. The lowest BCUT2D eigenvalue weighted by atomic mass is 10.1. The largest absolute Gasteiger partial charge is 0.497 e. The number of nitrogens with zero attached hydrogens (tertiary/aromatic N) is 3. The Labute approximate surface area is 199 Å². The fourth-order valence-corrected chi connectivity index (χ4v) is 3.50. The molecule has 4 aromatic rings. The number of nitrogens with one attached hydrogen (secondary N) is 1. The summed E-state index contributed by atoms with van der Waals surface area (Å²) < 4.78 is 12.7. The monoisotopic (exact) mass is 456 g/mol. The number of hydrogen-bond acceptors (Lipinski definition) is 5. The van der Waals surface area contributed by atoms with Crippen LogP contribution >= 0.6 is 0 Å². The Bertz CT molecular complexity index is 1220. The van der Waals surface area contributed by atoms with Crippen LogP contribution in [0.25, 0.3) is 17.1 Å². The van der Waals surface area contributed by atoms with Crippen LogP contribution in [0.15, 0.2) is 78.9 Å². The van der Waals surface area contributed by atoms with Crippen molar-refractivity contribution < 1.29 is 14.3 Å². The van der Waals surface area contributed by atoms with E-state index >= 15 is 0 Å². The van der Waals surface area contributed by atoms with Crippen LogP contribution in [0.3, 0.4) is 0 Å². The Hall–Kier alpha value is -3.97. The van der Waals surface area contributed by atoms with Gasteiger partial charge in [0.05, 0.1) is 26.0 Å². The molecular weight excluding hydrogens is 428 g/mol. The van der Waals surface area contributed by atoms with Crippen molar-refractivity contribution in [3.8, 4) is 22.8 Å². The highest BCUT2D eigenvalue weighted by molar-refractivity contribution is 5.95. The van der Waals surface area contributed by atoms with E-state index in [9.17, 15) is 4.79 Å². The Morgan fingerprint density at radius 2 is 1.79 bits per heavy atom. The minimum absolute atomic E-state index is 0.156. The summed E-state index contributed by atoms with van der Waals surface area (Å²) in [6, 6.07) is 25.0. The first-order valence-electron chi connectivity index (χ1n) is 11.3. The summed E-state index contributed by atoms with van der Waals surface area (Å²) in [7, 11) is 1.64. The number of methoxy groups -OCH3 is 1. The number of benzene rings is 3. The van der Waals surface area contributed by atoms with Gasteiger partial charge in [-0.05, 0) is 42.0 Å². The molecule has 0 unspecified atom stereocenters. The lowest BCUT2D eigenvalue weighted by Crippen LogP contribution is -2.27. The number of rotatable bonds is 10. The van der Waals surface area contributed by atoms with E-state index in [0.717, 1.165) is 28.4 Å². The number of hydrogen-bond donors (Lipinski definition) is 1. The van der Waals surface area contributed by atoms with E-state index in [1.165, 1.54) is 0 Å². The van der Waals surface area contributed by atoms with E-state index in [0.29, 0.717) is 37.6 Å². The number of aryl methyl sites for hydroxylation is 1. The molecule has 0 spiro atoms. The second-order valence-corrected chi connectivity index (χ2v) is 7.69. The van der Waals surface area contributed by atoms with Crippen LogP contribution in [0.1, 0.15) is 28.7 Å². The normalized spacial score (nSPS) is 10.8. The molecule has 0 saturated carbocycles. The van der Waals surface area contributed by atoms with E-state index in [-0.39, 0.29) is 5.91 Å². The summed E-state index contributed by atoms with van der Waals surface area (Å²) in [5.74, 6) is 2.03. The number of ether oxygens (including phenoxy) is 2. The molecule has 34 heavy (non-hydrogen) atoms. The maximum atomic E-state index is 12.7. The third-order valence-corrected chi connectivity index (χ3v) is 5.31. The van der Waals surface area contributed by atoms with E-state index in [1.807, 2.05) is 79.7 Å². The van der Waals surface area contributed by atoms with Gasteiger partial charge in [0.15, 0.2) is 11.6 Å². The second kappa shape index (κ2) is 11.2. The van der Waals surface area contributed by atoms with Crippen LogP contribution in [-0.2, 0) is 17.8 Å². The van der Waals surface area contributed by atoms with Crippen molar-refractivity contribution in [1.29, 1.82) is 0 Å². The van der Waals surface area contributed by atoms with Gasteiger partial charge in [-0.1, -0.05) is 49.4 Å². The number of amides is 1.